The maximum atomic E-state index is 12.8. The first-order valence-corrected chi connectivity index (χ1v) is 6.44. The van der Waals surface area contributed by atoms with Gasteiger partial charge in [0.25, 0.3) is 0 Å². The number of carboxylic acids is 1. The molecule has 1 aliphatic carbocycles. The predicted octanol–water partition coefficient (Wildman–Crippen LogP) is -0.0969. The summed E-state index contributed by atoms with van der Waals surface area (Å²) in [5.41, 5.74) is 0.972. The number of carbonyl (C=O) groups excluding carboxylic acids is 1. The van der Waals surface area contributed by atoms with Crippen LogP contribution >= 0.6 is 0 Å². The van der Waals surface area contributed by atoms with Gasteiger partial charge in [-0.2, -0.15) is 0 Å². The van der Waals surface area contributed by atoms with E-state index in [1.54, 1.807) is 12.1 Å². The molecular weight excluding hydrogens is 233 g/mol. The number of rotatable bonds is 5. The number of nitrogens with one attached hydrogen (secondary N) is 1. The van der Waals surface area contributed by atoms with Crippen molar-refractivity contribution in [3.8, 4) is 0 Å². The second-order valence-electron chi connectivity index (χ2n) is 4.99. The normalized spacial score (nSPS) is 17.8. The molecule has 0 amide bonds. The molecule has 1 unspecified atom stereocenters. The van der Waals surface area contributed by atoms with Gasteiger partial charge in [-0.05, 0) is 37.8 Å². The summed E-state index contributed by atoms with van der Waals surface area (Å²) in [6.07, 6.45) is 4.49. The molecule has 4 heteroatoms. The predicted molar refractivity (Wildman–Crippen MR) is 63.2 cm³/mol. The van der Waals surface area contributed by atoms with Gasteiger partial charge in [0, 0.05) is 5.56 Å². The molecule has 0 aliphatic heterocycles. The quantitative estimate of drug-likeness (QED) is 0.794. The fraction of sp³-hybridized carbons (Fsp3) is 0.500. The Labute approximate surface area is 106 Å². The van der Waals surface area contributed by atoms with Gasteiger partial charge in [0.2, 0.25) is 0 Å². The van der Waals surface area contributed by atoms with E-state index < -0.39 is 5.97 Å². The summed E-state index contributed by atoms with van der Waals surface area (Å²) in [5.74, 6) is -1.28. The van der Waals surface area contributed by atoms with Gasteiger partial charge in [-0.15, -0.1) is 0 Å². The second kappa shape index (κ2) is 5.96. The molecule has 1 aromatic carbocycles. The van der Waals surface area contributed by atoms with Crippen molar-refractivity contribution in [1.29, 1.82) is 0 Å². The lowest BCUT2D eigenvalue weighted by atomic mass is 10.1. The largest absolute Gasteiger partial charge is 0.544 e. The van der Waals surface area contributed by atoms with Crippen LogP contribution < -0.4 is 10.0 Å². The zero-order valence-electron chi connectivity index (χ0n) is 10.3. The number of carboxylic acid groups (broad SMARTS) is 1. The summed E-state index contributed by atoms with van der Waals surface area (Å²) in [6, 6.07) is 6.67. The number of benzene rings is 1. The number of aliphatic carboxylic acids is 1. The fourth-order valence-corrected chi connectivity index (χ4v) is 2.74. The third-order valence-electron chi connectivity index (χ3n) is 3.65. The highest BCUT2D eigenvalue weighted by Gasteiger charge is 2.26. The van der Waals surface area contributed by atoms with E-state index in [-0.39, 0.29) is 12.4 Å². The molecule has 1 fully saturated rings. The van der Waals surface area contributed by atoms with Crippen molar-refractivity contribution in [2.24, 2.45) is 0 Å². The first-order valence-electron chi connectivity index (χ1n) is 6.44. The number of quaternary nitrogens is 1. The van der Waals surface area contributed by atoms with Gasteiger partial charge in [-0.1, -0.05) is 12.1 Å². The average molecular weight is 251 g/mol. The highest BCUT2D eigenvalue weighted by Crippen LogP contribution is 2.15. The van der Waals surface area contributed by atoms with E-state index in [1.807, 2.05) is 0 Å². The molecular formula is C14H18FNO2. The van der Waals surface area contributed by atoms with E-state index >= 15 is 0 Å². The second-order valence-corrected chi connectivity index (χ2v) is 4.99. The van der Waals surface area contributed by atoms with E-state index in [1.165, 1.54) is 25.0 Å². The molecule has 0 heterocycles. The number of carbonyl (C=O) groups is 1. The standard InChI is InChI=1S/C14H18FNO2/c15-12-7-5-11(6-8-12)9-16(10-14(17)18)13-3-1-2-4-13/h5-8,13H,1-4,9-10H2,(H,17,18). The first-order chi connectivity index (χ1) is 8.65. The van der Waals surface area contributed by atoms with E-state index in [0.717, 1.165) is 23.3 Å². The molecule has 0 radical (unpaired) electrons. The zero-order chi connectivity index (χ0) is 13.0. The number of hydrogen-bond donors (Lipinski definition) is 1. The maximum absolute atomic E-state index is 12.8. The maximum Gasteiger partial charge on any atom is 0.123 e. The Morgan fingerprint density at radius 2 is 1.89 bits per heavy atom. The number of hydrogen-bond acceptors (Lipinski definition) is 2. The lowest BCUT2D eigenvalue weighted by Gasteiger charge is -2.26. The molecule has 0 bridgehead atoms. The van der Waals surface area contributed by atoms with E-state index in [0.29, 0.717) is 12.6 Å². The first kappa shape index (κ1) is 13.0. The lowest BCUT2D eigenvalue weighted by molar-refractivity contribution is -0.932. The third kappa shape index (κ3) is 3.53. The molecule has 0 aromatic heterocycles. The van der Waals surface area contributed by atoms with E-state index in [4.69, 9.17) is 0 Å². The van der Waals surface area contributed by atoms with Gasteiger partial charge in [0.1, 0.15) is 18.9 Å². The topological polar surface area (TPSA) is 44.6 Å². The van der Waals surface area contributed by atoms with Crippen LogP contribution in [0.2, 0.25) is 0 Å². The van der Waals surface area contributed by atoms with E-state index in [2.05, 4.69) is 0 Å². The summed E-state index contributed by atoms with van der Waals surface area (Å²) >= 11 is 0. The molecule has 3 nitrogen and oxygen atoms in total. The Morgan fingerprint density at radius 1 is 1.28 bits per heavy atom. The highest BCUT2D eigenvalue weighted by atomic mass is 19.1. The van der Waals surface area contributed by atoms with Gasteiger partial charge >= 0.3 is 0 Å². The minimum atomic E-state index is -1.01. The van der Waals surface area contributed by atoms with Crippen LogP contribution in [0.3, 0.4) is 0 Å². The monoisotopic (exact) mass is 251 g/mol. The van der Waals surface area contributed by atoms with Crippen LogP contribution in [0.1, 0.15) is 31.2 Å². The minimum absolute atomic E-state index is 0.0298. The summed E-state index contributed by atoms with van der Waals surface area (Å²) in [4.78, 5) is 11.8. The molecule has 1 aromatic rings. The van der Waals surface area contributed by atoms with Crippen molar-refractivity contribution in [3.05, 3.63) is 35.6 Å². The molecule has 18 heavy (non-hydrogen) atoms. The van der Waals surface area contributed by atoms with Crippen LogP contribution in [-0.4, -0.2) is 18.6 Å². The Morgan fingerprint density at radius 3 is 2.44 bits per heavy atom. The van der Waals surface area contributed by atoms with E-state index in [9.17, 15) is 14.3 Å². The number of halogens is 1. The van der Waals surface area contributed by atoms with Gasteiger partial charge < -0.3 is 14.8 Å². The Hall–Kier alpha value is -1.42. The van der Waals surface area contributed by atoms with Crippen molar-refractivity contribution >= 4 is 5.97 Å². The van der Waals surface area contributed by atoms with Crippen molar-refractivity contribution in [1.82, 2.24) is 0 Å². The molecule has 0 spiro atoms. The van der Waals surface area contributed by atoms with Crippen LogP contribution in [0.4, 0.5) is 4.39 Å². The Bertz CT molecular complexity index is 399. The van der Waals surface area contributed by atoms with Crippen LogP contribution in [0.15, 0.2) is 24.3 Å². The SMILES string of the molecule is O=C([O-])C[NH+](Cc1ccc(F)cc1)C1CCCC1. The average Bonchev–Trinajstić information content (AvgIpc) is 2.84. The third-order valence-corrected chi connectivity index (χ3v) is 3.65. The highest BCUT2D eigenvalue weighted by molar-refractivity contribution is 5.65. The molecule has 1 saturated carbocycles. The van der Waals surface area contributed by atoms with Crippen molar-refractivity contribution in [2.75, 3.05) is 6.54 Å². The molecule has 1 N–H and O–H groups in total. The fourth-order valence-electron chi connectivity index (χ4n) is 2.74. The van der Waals surface area contributed by atoms with Crippen molar-refractivity contribution < 1.29 is 19.2 Å². The van der Waals surface area contributed by atoms with Gasteiger partial charge in [-0.3, -0.25) is 0 Å². The van der Waals surface area contributed by atoms with Crippen molar-refractivity contribution in [3.63, 3.8) is 0 Å². The lowest BCUT2D eigenvalue weighted by Crippen LogP contribution is -3.15. The van der Waals surface area contributed by atoms with Gasteiger partial charge in [0.05, 0.1) is 12.0 Å². The summed E-state index contributed by atoms with van der Waals surface area (Å²) in [7, 11) is 0. The Kier molecular flexibility index (Phi) is 4.31. The van der Waals surface area contributed by atoms with Crippen molar-refractivity contribution in [2.45, 2.75) is 38.3 Å². The molecule has 0 saturated heterocycles. The van der Waals surface area contributed by atoms with Gasteiger partial charge in [0.15, 0.2) is 0 Å². The molecule has 1 aliphatic rings. The van der Waals surface area contributed by atoms with Gasteiger partial charge in [-0.25, -0.2) is 4.39 Å². The zero-order valence-corrected chi connectivity index (χ0v) is 10.3. The van der Waals surface area contributed by atoms with Crippen LogP contribution in [0.5, 0.6) is 0 Å². The molecule has 2 rings (SSSR count). The van der Waals surface area contributed by atoms with Crippen LogP contribution in [0, 0.1) is 5.82 Å². The molecule has 1 atom stereocenters. The smallest absolute Gasteiger partial charge is 0.123 e. The Balaban J connectivity index is 2.03. The minimum Gasteiger partial charge on any atom is -0.544 e. The summed E-state index contributed by atoms with van der Waals surface area (Å²) in [6.45, 7) is 0.654. The van der Waals surface area contributed by atoms with Crippen LogP contribution in [0.25, 0.3) is 0 Å². The van der Waals surface area contributed by atoms with Crippen LogP contribution in [-0.2, 0) is 11.3 Å². The summed E-state index contributed by atoms with van der Waals surface area (Å²) < 4.78 is 12.8. The summed E-state index contributed by atoms with van der Waals surface area (Å²) in [5, 5.41) is 10.8. The molecule has 98 valence electrons.